The Kier molecular flexibility index (Phi) is 5.16. The molecule has 8 heteroatoms. The maximum Gasteiger partial charge on any atom is 0.261 e. The fourth-order valence-electron chi connectivity index (χ4n) is 2.04. The third-order valence-corrected chi connectivity index (χ3v) is 5.70. The third kappa shape index (κ3) is 4.59. The standard InChI is InChI=1S/C13H15BrClNO4S/c1-8(20-12-3-2-9(14)6-11(12)15)13(17)16-10-4-5-21(18,19)7-10/h2-3,6,8,10H,4-5,7H2,1H3,(H,16,17)/t8-,10-/m0/s1. The predicted molar refractivity (Wildman–Crippen MR) is 84.4 cm³/mol. The van der Waals surface area contributed by atoms with Crippen LogP contribution in [0.15, 0.2) is 22.7 Å². The van der Waals surface area contributed by atoms with Crippen LogP contribution in [0.2, 0.25) is 5.02 Å². The molecular weight excluding hydrogens is 382 g/mol. The zero-order valence-electron chi connectivity index (χ0n) is 11.3. The molecule has 0 radical (unpaired) electrons. The van der Waals surface area contributed by atoms with E-state index in [0.717, 1.165) is 4.47 Å². The van der Waals surface area contributed by atoms with Crippen LogP contribution >= 0.6 is 27.5 Å². The van der Waals surface area contributed by atoms with Crippen molar-refractivity contribution >= 4 is 43.3 Å². The Morgan fingerprint density at radius 2 is 2.24 bits per heavy atom. The second-order valence-electron chi connectivity index (χ2n) is 4.94. The molecule has 0 saturated carbocycles. The fourth-order valence-corrected chi connectivity index (χ4v) is 4.43. The van der Waals surface area contributed by atoms with E-state index in [0.29, 0.717) is 17.2 Å². The Morgan fingerprint density at radius 3 is 2.81 bits per heavy atom. The van der Waals surface area contributed by atoms with Crippen molar-refractivity contribution < 1.29 is 17.9 Å². The van der Waals surface area contributed by atoms with Crippen molar-refractivity contribution in [2.24, 2.45) is 0 Å². The SMILES string of the molecule is C[C@H](Oc1ccc(Br)cc1Cl)C(=O)N[C@H]1CCS(=O)(=O)C1. The number of carbonyl (C=O) groups excluding carboxylic acids is 1. The molecule has 1 aromatic carbocycles. The van der Waals surface area contributed by atoms with Gasteiger partial charge in [0.25, 0.3) is 5.91 Å². The van der Waals surface area contributed by atoms with Crippen LogP contribution in [0.25, 0.3) is 0 Å². The van der Waals surface area contributed by atoms with Crippen LogP contribution < -0.4 is 10.1 Å². The molecule has 0 aliphatic carbocycles. The molecule has 1 aliphatic rings. The monoisotopic (exact) mass is 395 g/mol. The van der Waals surface area contributed by atoms with Crippen LogP contribution in [0.1, 0.15) is 13.3 Å². The van der Waals surface area contributed by atoms with Crippen LogP contribution in [-0.4, -0.2) is 38.0 Å². The summed E-state index contributed by atoms with van der Waals surface area (Å²) in [7, 11) is -3.02. The number of sulfone groups is 1. The maximum absolute atomic E-state index is 12.0. The lowest BCUT2D eigenvalue weighted by atomic mass is 10.2. The van der Waals surface area contributed by atoms with Gasteiger partial charge >= 0.3 is 0 Å². The molecular formula is C13H15BrClNO4S. The van der Waals surface area contributed by atoms with Gasteiger partial charge in [-0.25, -0.2) is 8.42 Å². The number of nitrogens with one attached hydrogen (secondary N) is 1. The lowest BCUT2D eigenvalue weighted by Crippen LogP contribution is -2.43. The molecule has 1 saturated heterocycles. The first-order valence-electron chi connectivity index (χ1n) is 6.39. The average Bonchev–Trinajstić information content (AvgIpc) is 2.72. The minimum Gasteiger partial charge on any atom is -0.479 e. The molecule has 0 unspecified atom stereocenters. The van der Waals surface area contributed by atoms with Gasteiger partial charge in [-0.15, -0.1) is 0 Å². The second-order valence-corrected chi connectivity index (χ2v) is 8.49. The first kappa shape index (κ1) is 16.6. The zero-order valence-corrected chi connectivity index (χ0v) is 14.5. The molecule has 1 aromatic rings. The van der Waals surface area contributed by atoms with E-state index in [-0.39, 0.29) is 23.5 Å². The van der Waals surface area contributed by atoms with Crippen LogP contribution in [0.3, 0.4) is 0 Å². The summed E-state index contributed by atoms with van der Waals surface area (Å²) in [5, 5.41) is 3.09. The first-order valence-corrected chi connectivity index (χ1v) is 9.38. The highest BCUT2D eigenvalue weighted by molar-refractivity contribution is 9.10. The molecule has 2 rings (SSSR count). The van der Waals surface area contributed by atoms with Gasteiger partial charge in [0.05, 0.1) is 16.5 Å². The molecule has 5 nitrogen and oxygen atoms in total. The van der Waals surface area contributed by atoms with Gasteiger partial charge in [-0.2, -0.15) is 0 Å². The van der Waals surface area contributed by atoms with Crippen molar-refractivity contribution in [3.63, 3.8) is 0 Å². The minimum absolute atomic E-state index is 0.00942. The number of rotatable bonds is 4. The summed E-state index contributed by atoms with van der Waals surface area (Å²) in [5.41, 5.74) is 0. The molecule has 0 bridgehead atoms. The van der Waals surface area contributed by atoms with Crippen LogP contribution in [0, 0.1) is 0 Å². The Bertz CT molecular complexity index is 650. The summed E-state index contributed by atoms with van der Waals surface area (Å²) in [4.78, 5) is 12.0. The molecule has 1 fully saturated rings. The third-order valence-electron chi connectivity index (χ3n) is 3.15. The lowest BCUT2D eigenvalue weighted by molar-refractivity contribution is -0.127. The maximum atomic E-state index is 12.0. The van der Waals surface area contributed by atoms with E-state index in [4.69, 9.17) is 16.3 Å². The van der Waals surface area contributed by atoms with Crippen molar-refractivity contribution in [1.29, 1.82) is 0 Å². The summed E-state index contributed by atoms with van der Waals surface area (Å²) in [5.74, 6) is 0.161. The van der Waals surface area contributed by atoms with Gasteiger partial charge in [-0.1, -0.05) is 27.5 Å². The van der Waals surface area contributed by atoms with Crippen molar-refractivity contribution in [3.05, 3.63) is 27.7 Å². The summed E-state index contributed by atoms with van der Waals surface area (Å²) < 4.78 is 29.0. The number of hydrogen-bond acceptors (Lipinski definition) is 4. The second kappa shape index (κ2) is 6.54. The number of benzene rings is 1. The molecule has 1 heterocycles. The van der Waals surface area contributed by atoms with E-state index in [1.165, 1.54) is 0 Å². The Balaban J connectivity index is 1.94. The van der Waals surface area contributed by atoms with Gasteiger partial charge in [-0.3, -0.25) is 4.79 Å². The number of hydrogen-bond donors (Lipinski definition) is 1. The van der Waals surface area contributed by atoms with Gasteiger partial charge in [0.1, 0.15) is 5.75 Å². The van der Waals surface area contributed by atoms with Gasteiger partial charge < -0.3 is 10.1 Å². The molecule has 21 heavy (non-hydrogen) atoms. The van der Waals surface area contributed by atoms with E-state index in [2.05, 4.69) is 21.2 Å². The molecule has 1 N–H and O–H groups in total. The van der Waals surface area contributed by atoms with Gasteiger partial charge in [0.2, 0.25) is 0 Å². The highest BCUT2D eigenvalue weighted by Gasteiger charge is 2.30. The topological polar surface area (TPSA) is 72.5 Å². The molecule has 1 amide bonds. The number of halogens is 2. The number of carbonyl (C=O) groups is 1. The van der Waals surface area contributed by atoms with E-state index in [1.54, 1.807) is 25.1 Å². The molecule has 0 spiro atoms. The van der Waals surface area contributed by atoms with Crippen LogP contribution in [0.4, 0.5) is 0 Å². The van der Waals surface area contributed by atoms with Crippen molar-refractivity contribution in [2.75, 3.05) is 11.5 Å². The number of amides is 1. The average molecular weight is 397 g/mol. The Labute approximate surface area is 137 Å². The highest BCUT2D eigenvalue weighted by Crippen LogP contribution is 2.28. The Hall–Kier alpha value is -0.790. The quantitative estimate of drug-likeness (QED) is 0.846. The van der Waals surface area contributed by atoms with Crippen LogP contribution in [0.5, 0.6) is 5.75 Å². The number of ether oxygens (including phenoxy) is 1. The summed E-state index contributed by atoms with van der Waals surface area (Å²) in [6.45, 7) is 1.59. The highest BCUT2D eigenvalue weighted by atomic mass is 79.9. The molecule has 116 valence electrons. The van der Waals surface area contributed by atoms with Gasteiger partial charge in [0.15, 0.2) is 15.9 Å². The lowest BCUT2D eigenvalue weighted by Gasteiger charge is -2.18. The first-order chi connectivity index (χ1) is 9.77. The summed E-state index contributed by atoms with van der Waals surface area (Å²) in [6, 6.07) is 4.75. The van der Waals surface area contributed by atoms with E-state index in [9.17, 15) is 13.2 Å². The van der Waals surface area contributed by atoms with E-state index < -0.39 is 15.9 Å². The largest absolute Gasteiger partial charge is 0.479 e. The summed E-state index contributed by atoms with van der Waals surface area (Å²) >= 11 is 9.30. The van der Waals surface area contributed by atoms with Gasteiger partial charge in [-0.05, 0) is 31.5 Å². The van der Waals surface area contributed by atoms with Crippen LogP contribution in [-0.2, 0) is 14.6 Å². The fraction of sp³-hybridized carbons (Fsp3) is 0.462. The molecule has 2 atom stereocenters. The normalized spacial score (nSPS) is 21.8. The van der Waals surface area contributed by atoms with Crippen molar-refractivity contribution in [2.45, 2.75) is 25.5 Å². The summed E-state index contributed by atoms with van der Waals surface area (Å²) in [6.07, 6.45) is -0.313. The predicted octanol–water partition coefficient (Wildman–Crippen LogP) is 2.17. The van der Waals surface area contributed by atoms with Crippen molar-refractivity contribution in [3.8, 4) is 5.75 Å². The molecule has 0 aromatic heterocycles. The van der Waals surface area contributed by atoms with Gasteiger partial charge in [0, 0.05) is 10.5 Å². The van der Waals surface area contributed by atoms with E-state index >= 15 is 0 Å². The van der Waals surface area contributed by atoms with Crippen molar-refractivity contribution in [1.82, 2.24) is 5.32 Å². The smallest absolute Gasteiger partial charge is 0.261 e. The van der Waals surface area contributed by atoms with E-state index in [1.807, 2.05) is 0 Å². The minimum atomic E-state index is -3.02. The Morgan fingerprint density at radius 1 is 1.52 bits per heavy atom. The molecule has 1 aliphatic heterocycles. The zero-order chi connectivity index (χ0) is 15.6.